The molecule has 90 valence electrons. The molecule has 3 nitrogen and oxygen atoms in total. The van der Waals surface area contributed by atoms with Gasteiger partial charge < -0.3 is 15.2 Å². The van der Waals surface area contributed by atoms with Crippen LogP contribution in [0.4, 0.5) is 0 Å². The van der Waals surface area contributed by atoms with E-state index in [1.54, 1.807) is 0 Å². The average Bonchev–Trinajstić information content (AvgIpc) is 2.29. The maximum Gasteiger partial charge on any atom is 0.134 e. The number of hydrogen-bond acceptors (Lipinski definition) is 3. The standard InChI is InChI=1S/C12H18BrNO2/c1-3-15-8-9(2)16-12-5-4-10(7-14)6-11(12)13/h4-6,9H,3,7-8,14H2,1-2H3. The smallest absolute Gasteiger partial charge is 0.134 e. The molecule has 1 rings (SSSR count). The van der Waals surface area contributed by atoms with E-state index in [-0.39, 0.29) is 6.10 Å². The number of ether oxygens (including phenoxy) is 2. The first-order chi connectivity index (χ1) is 7.67. The normalized spacial score (nSPS) is 12.5. The van der Waals surface area contributed by atoms with Crippen LogP contribution in [0, 0.1) is 0 Å². The van der Waals surface area contributed by atoms with Crippen LogP contribution >= 0.6 is 15.9 Å². The van der Waals surface area contributed by atoms with E-state index in [4.69, 9.17) is 15.2 Å². The highest BCUT2D eigenvalue weighted by Gasteiger charge is 2.07. The summed E-state index contributed by atoms with van der Waals surface area (Å²) in [6.07, 6.45) is 0.0416. The zero-order chi connectivity index (χ0) is 12.0. The van der Waals surface area contributed by atoms with Gasteiger partial charge in [0, 0.05) is 13.2 Å². The highest BCUT2D eigenvalue weighted by atomic mass is 79.9. The summed E-state index contributed by atoms with van der Waals surface area (Å²) in [4.78, 5) is 0. The maximum absolute atomic E-state index is 5.73. The minimum absolute atomic E-state index is 0.0416. The zero-order valence-electron chi connectivity index (χ0n) is 9.70. The predicted molar refractivity (Wildman–Crippen MR) is 68.6 cm³/mol. The third-order valence-corrected chi connectivity index (χ3v) is 2.74. The van der Waals surface area contributed by atoms with Gasteiger partial charge in [-0.1, -0.05) is 6.07 Å². The van der Waals surface area contributed by atoms with Gasteiger partial charge in [-0.25, -0.2) is 0 Å². The molecule has 16 heavy (non-hydrogen) atoms. The van der Waals surface area contributed by atoms with Crippen molar-refractivity contribution in [1.29, 1.82) is 0 Å². The first-order valence-electron chi connectivity index (χ1n) is 5.40. The molecule has 0 saturated carbocycles. The van der Waals surface area contributed by atoms with Gasteiger partial charge in [-0.3, -0.25) is 0 Å². The van der Waals surface area contributed by atoms with E-state index >= 15 is 0 Å². The molecule has 0 aliphatic carbocycles. The molecular formula is C12H18BrNO2. The Morgan fingerprint density at radius 1 is 1.44 bits per heavy atom. The quantitative estimate of drug-likeness (QED) is 0.875. The summed E-state index contributed by atoms with van der Waals surface area (Å²) in [6, 6.07) is 5.87. The van der Waals surface area contributed by atoms with E-state index in [0.29, 0.717) is 19.8 Å². The summed E-state index contributed by atoms with van der Waals surface area (Å²) in [7, 11) is 0. The molecule has 0 heterocycles. The lowest BCUT2D eigenvalue weighted by Crippen LogP contribution is -2.19. The minimum atomic E-state index is 0.0416. The van der Waals surface area contributed by atoms with Crippen molar-refractivity contribution in [2.24, 2.45) is 5.73 Å². The van der Waals surface area contributed by atoms with E-state index < -0.39 is 0 Å². The van der Waals surface area contributed by atoms with Crippen LogP contribution in [-0.4, -0.2) is 19.3 Å². The molecular weight excluding hydrogens is 270 g/mol. The van der Waals surface area contributed by atoms with Gasteiger partial charge in [0.05, 0.1) is 11.1 Å². The Balaban J connectivity index is 2.59. The second-order valence-corrected chi connectivity index (χ2v) is 4.41. The topological polar surface area (TPSA) is 44.5 Å². The Morgan fingerprint density at radius 2 is 2.19 bits per heavy atom. The van der Waals surface area contributed by atoms with Crippen molar-refractivity contribution in [1.82, 2.24) is 0 Å². The van der Waals surface area contributed by atoms with Crippen LogP contribution in [0.2, 0.25) is 0 Å². The number of nitrogens with two attached hydrogens (primary N) is 1. The summed E-state index contributed by atoms with van der Waals surface area (Å²) in [6.45, 7) is 5.80. The molecule has 0 amide bonds. The van der Waals surface area contributed by atoms with E-state index in [9.17, 15) is 0 Å². The lowest BCUT2D eigenvalue weighted by atomic mass is 10.2. The summed E-state index contributed by atoms with van der Waals surface area (Å²) in [5.74, 6) is 0.824. The molecule has 1 aromatic rings. The van der Waals surface area contributed by atoms with Crippen molar-refractivity contribution in [2.75, 3.05) is 13.2 Å². The van der Waals surface area contributed by atoms with Gasteiger partial charge in [0.25, 0.3) is 0 Å². The van der Waals surface area contributed by atoms with Crippen molar-refractivity contribution >= 4 is 15.9 Å². The van der Waals surface area contributed by atoms with Crippen LogP contribution in [0.15, 0.2) is 22.7 Å². The molecule has 0 aromatic heterocycles. The Bertz CT molecular complexity index is 331. The van der Waals surface area contributed by atoms with Crippen LogP contribution in [0.1, 0.15) is 19.4 Å². The van der Waals surface area contributed by atoms with Crippen LogP contribution in [0.25, 0.3) is 0 Å². The molecule has 1 atom stereocenters. The summed E-state index contributed by atoms with van der Waals surface area (Å²) >= 11 is 3.46. The number of halogens is 1. The highest BCUT2D eigenvalue weighted by Crippen LogP contribution is 2.26. The Kier molecular flexibility index (Phi) is 5.80. The lowest BCUT2D eigenvalue weighted by molar-refractivity contribution is 0.0653. The zero-order valence-corrected chi connectivity index (χ0v) is 11.3. The first kappa shape index (κ1) is 13.5. The molecule has 0 aliphatic rings. The predicted octanol–water partition coefficient (Wildman–Crippen LogP) is 2.71. The number of benzene rings is 1. The Labute approximate surface area is 105 Å². The fourth-order valence-electron chi connectivity index (χ4n) is 1.30. The lowest BCUT2D eigenvalue weighted by Gasteiger charge is -2.16. The van der Waals surface area contributed by atoms with Crippen molar-refractivity contribution in [3.63, 3.8) is 0 Å². The molecule has 1 aromatic carbocycles. The Hall–Kier alpha value is -0.580. The van der Waals surface area contributed by atoms with Crippen LogP contribution < -0.4 is 10.5 Å². The van der Waals surface area contributed by atoms with Gasteiger partial charge in [-0.05, 0) is 47.5 Å². The summed E-state index contributed by atoms with van der Waals surface area (Å²) < 4.78 is 12.0. The van der Waals surface area contributed by atoms with Crippen molar-refractivity contribution in [2.45, 2.75) is 26.5 Å². The van der Waals surface area contributed by atoms with E-state index in [1.165, 1.54) is 0 Å². The number of rotatable bonds is 6. The van der Waals surface area contributed by atoms with Crippen molar-refractivity contribution in [3.8, 4) is 5.75 Å². The monoisotopic (exact) mass is 287 g/mol. The Morgan fingerprint density at radius 3 is 2.75 bits per heavy atom. The minimum Gasteiger partial charge on any atom is -0.487 e. The van der Waals surface area contributed by atoms with Crippen LogP contribution in [-0.2, 0) is 11.3 Å². The number of hydrogen-bond donors (Lipinski definition) is 1. The fraction of sp³-hybridized carbons (Fsp3) is 0.500. The van der Waals surface area contributed by atoms with E-state index in [1.807, 2.05) is 32.0 Å². The molecule has 0 aliphatic heterocycles. The molecule has 4 heteroatoms. The SMILES string of the molecule is CCOCC(C)Oc1ccc(CN)cc1Br. The molecule has 0 bridgehead atoms. The second-order valence-electron chi connectivity index (χ2n) is 3.56. The fourth-order valence-corrected chi connectivity index (χ4v) is 1.82. The van der Waals surface area contributed by atoms with Gasteiger partial charge in [-0.2, -0.15) is 0 Å². The highest BCUT2D eigenvalue weighted by molar-refractivity contribution is 9.10. The van der Waals surface area contributed by atoms with Crippen molar-refractivity contribution < 1.29 is 9.47 Å². The second kappa shape index (κ2) is 6.89. The molecule has 0 saturated heterocycles. The maximum atomic E-state index is 5.73. The molecule has 0 radical (unpaired) electrons. The van der Waals surface area contributed by atoms with Crippen molar-refractivity contribution in [3.05, 3.63) is 28.2 Å². The molecule has 0 spiro atoms. The van der Waals surface area contributed by atoms with Gasteiger partial charge in [0.15, 0.2) is 0 Å². The van der Waals surface area contributed by atoms with Crippen LogP contribution in [0.5, 0.6) is 5.75 Å². The van der Waals surface area contributed by atoms with Gasteiger partial charge in [0.1, 0.15) is 11.9 Å². The van der Waals surface area contributed by atoms with Crippen LogP contribution in [0.3, 0.4) is 0 Å². The average molecular weight is 288 g/mol. The summed E-state index contributed by atoms with van der Waals surface area (Å²) in [5.41, 5.74) is 6.63. The first-order valence-corrected chi connectivity index (χ1v) is 6.19. The molecule has 0 fully saturated rings. The van der Waals surface area contributed by atoms with Gasteiger partial charge >= 0.3 is 0 Å². The third-order valence-electron chi connectivity index (χ3n) is 2.12. The van der Waals surface area contributed by atoms with Gasteiger partial charge in [0.2, 0.25) is 0 Å². The summed E-state index contributed by atoms with van der Waals surface area (Å²) in [5, 5.41) is 0. The van der Waals surface area contributed by atoms with E-state index in [2.05, 4.69) is 15.9 Å². The van der Waals surface area contributed by atoms with Gasteiger partial charge in [-0.15, -0.1) is 0 Å². The third kappa shape index (κ3) is 4.12. The molecule has 1 unspecified atom stereocenters. The molecule has 2 N–H and O–H groups in total. The van der Waals surface area contributed by atoms with E-state index in [0.717, 1.165) is 15.8 Å². The largest absolute Gasteiger partial charge is 0.487 e.